The van der Waals surface area contributed by atoms with Crippen LogP contribution < -0.4 is 0 Å². The minimum Gasteiger partial charge on any atom is -0.300 e. The lowest BCUT2D eigenvalue weighted by Gasteiger charge is -2.22. The molecule has 0 spiro atoms. The summed E-state index contributed by atoms with van der Waals surface area (Å²) in [7, 11) is 0. The molecule has 1 nitrogen and oxygen atoms in total. The molecular formula is C9H15NS2. The molecule has 0 saturated heterocycles. The maximum Gasteiger partial charge on any atom is 0.0122 e. The molecule has 1 atom stereocenters. The lowest BCUT2D eigenvalue weighted by Crippen LogP contribution is -2.13. The van der Waals surface area contributed by atoms with Gasteiger partial charge in [0, 0.05) is 29.8 Å². The minimum atomic E-state index is 0.600. The molecule has 0 N–H and O–H groups in total. The van der Waals surface area contributed by atoms with Gasteiger partial charge in [-0.3, -0.25) is 4.31 Å². The van der Waals surface area contributed by atoms with Crippen LogP contribution in [0, 0.1) is 5.92 Å². The quantitative estimate of drug-likeness (QED) is 0.646. The predicted molar refractivity (Wildman–Crippen MR) is 60.1 cm³/mol. The van der Waals surface area contributed by atoms with E-state index in [1.54, 1.807) is 11.9 Å². The molecule has 0 aromatic carbocycles. The van der Waals surface area contributed by atoms with Gasteiger partial charge in [0.15, 0.2) is 0 Å². The highest BCUT2D eigenvalue weighted by Crippen LogP contribution is 2.24. The van der Waals surface area contributed by atoms with Crippen molar-refractivity contribution >= 4 is 23.7 Å². The Morgan fingerprint density at radius 2 is 1.83 bits per heavy atom. The molecule has 1 unspecified atom stereocenters. The Morgan fingerprint density at radius 3 is 2.25 bits per heavy atom. The molecular weight excluding hydrogens is 186 g/mol. The molecule has 12 heavy (non-hydrogen) atoms. The lowest BCUT2D eigenvalue weighted by molar-refractivity contribution is 0.717. The fourth-order valence-electron chi connectivity index (χ4n) is 1.07. The number of allylic oxidation sites excluding steroid dienone is 2. The van der Waals surface area contributed by atoms with Gasteiger partial charge in [-0.15, -0.1) is 0 Å². The van der Waals surface area contributed by atoms with Crippen LogP contribution >= 0.6 is 23.7 Å². The van der Waals surface area contributed by atoms with Crippen LogP contribution in [0.5, 0.6) is 0 Å². The Bertz CT molecular complexity index is 175. The normalized spacial score (nSPS) is 20.1. The highest BCUT2D eigenvalue weighted by molar-refractivity contribution is 7.99. The van der Waals surface area contributed by atoms with Crippen LogP contribution in [0.1, 0.15) is 6.92 Å². The first-order valence-electron chi connectivity index (χ1n) is 4.00. The summed E-state index contributed by atoms with van der Waals surface area (Å²) in [5.41, 5.74) is 0. The van der Waals surface area contributed by atoms with Gasteiger partial charge in [-0.05, 0) is 18.2 Å². The molecule has 1 aliphatic heterocycles. The molecule has 3 heteroatoms. The van der Waals surface area contributed by atoms with Crippen molar-refractivity contribution < 1.29 is 0 Å². The number of thioether (sulfide) groups is 1. The van der Waals surface area contributed by atoms with E-state index in [2.05, 4.69) is 48.3 Å². The topological polar surface area (TPSA) is 3.24 Å². The summed E-state index contributed by atoms with van der Waals surface area (Å²) in [6.45, 7) is 2.26. The van der Waals surface area contributed by atoms with Crippen LogP contribution in [0.3, 0.4) is 0 Å². The molecule has 0 aromatic rings. The van der Waals surface area contributed by atoms with Gasteiger partial charge >= 0.3 is 0 Å². The van der Waals surface area contributed by atoms with Crippen LogP contribution in [0.2, 0.25) is 0 Å². The summed E-state index contributed by atoms with van der Waals surface area (Å²) in [4.78, 5) is 0. The summed E-state index contributed by atoms with van der Waals surface area (Å²) in [5.74, 6) is 0.600. The number of nitrogens with zero attached hydrogens (tertiary/aromatic N) is 1. The average molecular weight is 201 g/mol. The Morgan fingerprint density at radius 1 is 1.25 bits per heavy atom. The first-order valence-corrected chi connectivity index (χ1v) is 6.46. The molecule has 0 aromatic heterocycles. The van der Waals surface area contributed by atoms with Gasteiger partial charge in [0.05, 0.1) is 0 Å². The van der Waals surface area contributed by atoms with Crippen molar-refractivity contribution in [2.75, 3.05) is 12.5 Å². The zero-order valence-corrected chi connectivity index (χ0v) is 9.36. The first kappa shape index (κ1) is 10.1. The van der Waals surface area contributed by atoms with E-state index in [-0.39, 0.29) is 0 Å². The van der Waals surface area contributed by atoms with Crippen molar-refractivity contribution in [1.29, 1.82) is 0 Å². The Kier molecular flexibility index (Phi) is 4.09. The Balaban J connectivity index is 2.48. The molecule has 1 heterocycles. The molecule has 1 rings (SSSR count). The third-order valence-corrected chi connectivity index (χ3v) is 3.76. The number of hydrogen-bond donors (Lipinski definition) is 0. The molecule has 0 radical (unpaired) electrons. The van der Waals surface area contributed by atoms with Gasteiger partial charge in [0.1, 0.15) is 0 Å². The van der Waals surface area contributed by atoms with Crippen LogP contribution in [-0.2, 0) is 0 Å². The number of hydrogen-bond acceptors (Lipinski definition) is 3. The molecule has 0 amide bonds. The molecule has 68 valence electrons. The van der Waals surface area contributed by atoms with Crippen LogP contribution in [0.4, 0.5) is 0 Å². The molecule has 0 aliphatic carbocycles. The summed E-state index contributed by atoms with van der Waals surface area (Å²) in [5, 5.41) is 0.682. The summed E-state index contributed by atoms with van der Waals surface area (Å²) < 4.78 is 2.11. The van der Waals surface area contributed by atoms with Crippen LogP contribution in [0.25, 0.3) is 0 Å². The fourth-order valence-corrected chi connectivity index (χ4v) is 1.95. The monoisotopic (exact) mass is 201 g/mol. The van der Waals surface area contributed by atoms with Crippen molar-refractivity contribution in [2.24, 2.45) is 5.92 Å². The van der Waals surface area contributed by atoms with Crippen molar-refractivity contribution in [3.05, 3.63) is 24.6 Å². The third kappa shape index (κ3) is 2.49. The van der Waals surface area contributed by atoms with Crippen LogP contribution in [-0.4, -0.2) is 22.1 Å². The Hall–Kier alpha value is -0.0200. The fraction of sp³-hybridized carbons (Fsp3) is 0.556. The smallest absolute Gasteiger partial charge is 0.0122 e. The van der Waals surface area contributed by atoms with Gasteiger partial charge in [0.25, 0.3) is 0 Å². The minimum absolute atomic E-state index is 0.600. The second kappa shape index (κ2) is 4.87. The van der Waals surface area contributed by atoms with Crippen molar-refractivity contribution in [3.63, 3.8) is 0 Å². The molecule has 0 fully saturated rings. The molecule has 0 saturated carbocycles. The van der Waals surface area contributed by atoms with Gasteiger partial charge < -0.3 is 0 Å². The summed E-state index contributed by atoms with van der Waals surface area (Å²) >= 11 is 3.63. The number of rotatable bonds is 3. The van der Waals surface area contributed by atoms with Crippen LogP contribution in [0.15, 0.2) is 24.6 Å². The predicted octanol–water partition coefficient (Wildman–Crippen LogP) is 2.98. The van der Waals surface area contributed by atoms with E-state index >= 15 is 0 Å². The van der Waals surface area contributed by atoms with Gasteiger partial charge in [-0.1, -0.05) is 19.1 Å². The largest absolute Gasteiger partial charge is 0.300 e. The van der Waals surface area contributed by atoms with E-state index in [0.29, 0.717) is 11.2 Å². The van der Waals surface area contributed by atoms with Crippen molar-refractivity contribution in [3.8, 4) is 0 Å². The van der Waals surface area contributed by atoms with E-state index in [1.165, 1.54) is 0 Å². The maximum absolute atomic E-state index is 2.26. The second-order valence-corrected chi connectivity index (χ2v) is 4.75. The summed E-state index contributed by atoms with van der Waals surface area (Å²) in [6.07, 6.45) is 13.0. The SMILES string of the molecule is CSC(C)C1C=CN(SC)C=C1. The van der Waals surface area contributed by atoms with E-state index in [9.17, 15) is 0 Å². The molecule has 0 bridgehead atoms. The second-order valence-electron chi connectivity index (χ2n) is 2.74. The zero-order valence-electron chi connectivity index (χ0n) is 7.73. The zero-order chi connectivity index (χ0) is 8.97. The first-order chi connectivity index (χ1) is 5.77. The van der Waals surface area contributed by atoms with Gasteiger partial charge in [-0.2, -0.15) is 11.8 Å². The third-order valence-electron chi connectivity index (χ3n) is 2.04. The van der Waals surface area contributed by atoms with E-state index in [0.717, 1.165) is 0 Å². The molecule has 1 aliphatic rings. The average Bonchev–Trinajstić information content (AvgIpc) is 2.17. The highest BCUT2D eigenvalue weighted by atomic mass is 32.2. The lowest BCUT2D eigenvalue weighted by atomic mass is 10.1. The van der Waals surface area contributed by atoms with E-state index < -0.39 is 0 Å². The highest BCUT2D eigenvalue weighted by Gasteiger charge is 2.12. The van der Waals surface area contributed by atoms with Gasteiger partial charge in [0.2, 0.25) is 0 Å². The Labute approximate surface area is 83.4 Å². The maximum atomic E-state index is 2.26. The van der Waals surface area contributed by atoms with E-state index in [4.69, 9.17) is 0 Å². The van der Waals surface area contributed by atoms with Gasteiger partial charge in [-0.25, -0.2) is 0 Å². The standard InChI is InChI=1S/C9H15NS2/c1-8(11-2)9-4-6-10(12-3)7-5-9/h4-9H,1-3H3. The van der Waals surface area contributed by atoms with Crippen molar-refractivity contribution in [1.82, 2.24) is 4.31 Å². The van der Waals surface area contributed by atoms with E-state index in [1.807, 2.05) is 11.8 Å². The summed E-state index contributed by atoms with van der Waals surface area (Å²) in [6, 6.07) is 0. The van der Waals surface area contributed by atoms with Crippen molar-refractivity contribution in [2.45, 2.75) is 12.2 Å².